The highest BCUT2D eigenvalue weighted by atomic mass is 16.5. The van der Waals surface area contributed by atoms with Crippen molar-refractivity contribution in [1.82, 2.24) is 0 Å². The van der Waals surface area contributed by atoms with Crippen molar-refractivity contribution in [3.63, 3.8) is 0 Å². The van der Waals surface area contributed by atoms with E-state index in [0.717, 1.165) is 22.8 Å². The first-order valence-electron chi connectivity index (χ1n) is 7.18. The van der Waals surface area contributed by atoms with E-state index >= 15 is 0 Å². The second-order valence-electron chi connectivity index (χ2n) is 5.23. The van der Waals surface area contributed by atoms with Gasteiger partial charge in [0, 0.05) is 11.6 Å². The number of benzene rings is 2. The van der Waals surface area contributed by atoms with E-state index in [1.54, 1.807) is 0 Å². The number of carboxylic acids is 1. The van der Waals surface area contributed by atoms with Crippen molar-refractivity contribution >= 4 is 16.7 Å². The molecule has 0 fully saturated rings. The molecule has 0 amide bonds. The zero-order valence-electron chi connectivity index (χ0n) is 12.4. The summed E-state index contributed by atoms with van der Waals surface area (Å²) in [6, 6.07) is 11.8. The first-order chi connectivity index (χ1) is 10.0. The molecule has 2 atom stereocenters. The van der Waals surface area contributed by atoms with E-state index in [9.17, 15) is 4.79 Å². The number of rotatable bonds is 6. The highest BCUT2D eigenvalue weighted by molar-refractivity contribution is 5.88. The molecule has 112 valence electrons. The SMILES string of the molecule is CCC(N)Cc1c(OC(C)C(=O)O)ccc2ccccc12. The molecule has 0 radical (unpaired) electrons. The van der Waals surface area contributed by atoms with Gasteiger partial charge in [0.05, 0.1) is 0 Å². The molecule has 0 bridgehead atoms. The number of ether oxygens (including phenoxy) is 1. The number of carbonyl (C=O) groups is 1. The lowest BCUT2D eigenvalue weighted by molar-refractivity contribution is -0.144. The summed E-state index contributed by atoms with van der Waals surface area (Å²) in [5.74, 6) is -0.374. The minimum Gasteiger partial charge on any atom is -0.479 e. The maximum Gasteiger partial charge on any atom is 0.344 e. The van der Waals surface area contributed by atoms with Crippen molar-refractivity contribution in [1.29, 1.82) is 0 Å². The summed E-state index contributed by atoms with van der Waals surface area (Å²) in [7, 11) is 0. The first kappa shape index (κ1) is 15.3. The summed E-state index contributed by atoms with van der Waals surface area (Å²) in [5, 5.41) is 11.2. The van der Waals surface area contributed by atoms with E-state index in [1.165, 1.54) is 6.92 Å². The molecule has 4 heteroatoms. The van der Waals surface area contributed by atoms with Gasteiger partial charge in [-0.15, -0.1) is 0 Å². The third kappa shape index (κ3) is 3.52. The van der Waals surface area contributed by atoms with Gasteiger partial charge in [-0.1, -0.05) is 37.3 Å². The molecular formula is C17H21NO3. The van der Waals surface area contributed by atoms with Crippen LogP contribution in [0.3, 0.4) is 0 Å². The van der Waals surface area contributed by atoms with Crippen LogP contribution in [0.25, 0.3) is 10.8 Å². The van der Waals surface area contributed by atoms with Crippen molar-refractivity contribution < 1.29 is 14.6 Å². The van der Waals surface area contributed by atoms with Gasteiger partial charge in [0.1, 0.15) is 5.75 Å². The molecule has 2 aromatic carbocycles. The van der Waals surface area contributed by atoms with Crippen molar-refractivity contribution in [3.8, 4) is 5.75 Å². The van der Waals surface area contributed by atoms with Crippen molar-refractivity contribution in [3.05, 3.63) is 42.0 Å². The summed E-state index contributed by atoms with van der Waals surface area (Å²) < 4.78 is 5.61. The number of fused-ring (bicyclic) bond motifs is 1. The van der Waals surface area contributed by atoms with Crippen LogP contribution in [0.2, 0.25) is 0 Å². The zero-order valence-corrected chi connectivity index (χ0v) is 12.4. The van der Waals surface area contributed by atoms with Crippen LogP contribution in [0.1, 0.15) is 25.8 Å². The molecule has 2 rings (SSSR count). The molecule has 0 aromatic heterocycles. The Morgan fingerprint density at radius 3 is 2.67 bits per heavy atom. The normalized spacial score (nSPS) is 13.9. The Bertz CT molecular complexity index is 639. The van der Waals surface area contributed by atoms with E-state index in [4.69, 9.17) is 15.6 Å². The van der Waals surface area contributed by atoms with Gasteiger partial charge < -0.3 is 15.6 Å². The van der Waals surface area contributed by atoms with Crippen molar-refractivity contribution in [2.24, 2.45) is 5.73 Å². The topological polar surface area (TPSA) is 72.5 Å². The van der Waals surface area contributed by atoms with E-state index < -0.39 is 12.1 Å². The Kier molecular flexibility index (Phi) is 4.81. The van der Waals surface area contributed by atoms with Crippen LogP contribution in [-0.2, 0) is 11.2 Å². The van der Waals surface area contributed by atoms with Crippen molar-refractivity contribution in [2.45, 2.75) is 38.8 Å². The average Bonchev–Trinajstić information content (AvgIpc) is 2.49. The lowest BCUT2D eigenvalue weighted by Gasteiger charge is -2.18. The lowest BCUT2D eigenvalue weighted by atomic mass is 9.97. The van der Waals surface area contributed by atoms with E-state index in [2.05, 4.69) is 0 Å². The predicted octanol–water partition coefficient (Wildman–Crippen LogP) is 2.97. The van der Waals surface area contributed by atoms with Crippen LogP contribution in [0.5, 0.6) is 5.75 Å². The molecule has 0 aliphatic heterocycles. The minimum absolute atomic E-state index is 0.0262. The maximum atomic E-state index is 11.0. The van der Waals surface area contributed by atoms with Gasteiger partial charge in [0.25, 0.3) is 0 Å². The lowest BCUT2D eigenvalue weighted by Crippen LogP contribution is -2.25. The van der Waals surface area contributed by atoms with Gasteiger partial charge in [0.2, 0.25) is 0 Å². The molecule has 0 aliphatic rings. The van der Waals surface area contributed by atoms with Gasteiger partial charge in [-0.25, -0.2) is 4.79 Å². The zero-order chi connectivity index (χ0) is 15.4. The summed E-state index contributed by atoms with van der Waals surface area (Å²) in [6.07, 6.45) is 0.638. The average molecular weight is 287 g/mol. The highest BCUT2D eigenvalue weighted by Crippen LogP contribution is 2.30. The molecule has 2 aromatic rings. The van der Waals surface area contributed by atoms with Gasteiger partial charge in [-0.2, -0.15) is 0 Å². The van der Waals surface area contributed by atoms with Gasteiger partial charge in [-0.05, 0) is 36.6 Å². The van der Waals surface area contributed by atoms with E-state index in [-0.39, 0.29) is 6.04 Å². The van der Waals surface area contributed by atoms with Crippen LogP contribution in [0, 0.1) is 0 Å². The molecule has 4 nitrogen and oxygen atoms in total. The van der Waals surface area contributed by atoms with E-state index in [1.807, 2.05) is 43.3 Å². The van der Waals surface area contributed by atoms with Gasteiger partial charge in [-0.3, -0.25) is 0 Å². The van der Waals surface area contributed by atoms with E-state index in [0.29, 0.717) is 12.2 Å². The van der Waals surface area contributed by atoms with Crippen LogP contribution < -0.4 is 10.5 Å². The number of hydrogen-bond acceptors (Lipinski definition) is 3. The summed E-state index contributed by atoms with van der Waals surface area (Å²) in [4.78, 5) is 11.0. The minimum atomic E-state index is -0.978. The molecule has 21 heavy (non-hydrogen) atoms. The van der Waals surface area contributed by atoms with Crippen LogP contribution in [0.4, 0.5) is 0 Å². The molecule has 3 N–H and O–H groups in total. The van der Waals surface area contributed by atoms with Gasteiger partial charge in [0.15, 0.2) is 6.10 Å². The first-order valence-corrected chi connectivity index (χ1v) is 7.18. The largest absolute Gasteiger partial charge is 0.479 e. The molecule has 2 unspecified atom stereocenters. The maximum absolute atomic E-state index is 11.0. The Hall–Kier alpha value is -2.07. The van der Waals surface area contributed by atoms with Crippen LogP contribution in [0.15, 0.2) is 36.4 Å². The smallest absolute Gasteiger partial charge is 0.344 e. The third-order valence-corrected chi connectivity index (χ3v) is 3.64. The predicted molar refractivity (Wildman–Crippen MR) is 83.6 cm³/mol. The fraction of sp³-hybridized carbons (Fsp3) is 0.353. The third-order valence-electron chi connectivity index (χ3n) is 3.64. The second kappa shape index (κ2) is 6.59. The monoisotopic (exact) mass is 287 g/mol. The second-order valence-corrected chi connectivity index (χ2v) is 5.23. The summed E-state index contributed by atoms with van der Waals surface area (Å²) >= 11 is 0. The summed E-state index contributed by atoms with van der Waals surface area (Å²) in [6.45, 7) is 3.57. The Morgan fingerprint density at radius 2 is 2.00 bits per heavy atom. The number of aliphatic carboxylic acids is 1. The van der Waals surface area contributed by atoms with Gasteiger partial charge >= 0.3 is 5.97 Å². The fourth-order valence-electron chi connectivity index (χ4n) is 2.28. The fourth-order valence-corrected chi connectivity index (χ4v) is 2.28. The highest BCUT2D eigenvalue weighted by Gasteiger charge is 2.17. The number of carboxylic acid groups (broad SMARTS) is 1. The Morgan fingerprint density at radius 1 is 1.29 bits per heavy atom. The molecule has 0 aliphatic carbocycles. The number of nitrogens with two attached hydrogens (primary N) is 1. The molecule has 0 saturated carbocycles. The van der Waals surface area contributed by atoms with Crippen LogP contribution >= 0.6 is 0 Å². The van der Waals surface area contributed by atoms with Crippen LogP contribution in [-0.4, -0.2) is 23.2 Å². The molecule has 0 heterocycles. The molecule has 0 spiro atoms. The summed E-state index contributed by atoms with van der Waals surface area (Å²) in [5.41, 5.74) is 7.07. The number of hydrogen-bond donors (Lipinski definition) is 2. The quantitative estimate of drug-likeness (QED) is 0.856. The molecular weight excluding hydrogens is 266 g/mol. The standard InChI is InChI=1S/C17H21NO3/c1-3-13(18)10-15-14-7-5-4-6-12(14)8-9-16(15)21-11(2)17(19)20/h4-9,11,13H,3,10,18H2,1-2H3,(H,19,20). The Balaban J connectivity index is 2.47. The molecule has 0 saturated heterocycles. The Labute approximate surface area is 124 Å². The van der Waals surface area contributed by atoms with Crippen molar-refractivity contribution in [2.75, 3.05) is 0 Å².